The van der Waals surface area contributed by atoms with E-state index < -0.39 is 5.41 Å². The summed E-state index contributed by atoms with van der Waals surface area (Å²) in [5, 5.41) is 9.12. The Labute approximate surface area is 92.3 Å². The van der Waals surface area contributed by atoms with Gasteiger partial charge < -0.3 is 0 Å². The highest BCUT2D eigenvalue weighted by molar-refractivity contribution is 9.10. The summed E-state index contributed by atoms with van der Waals surface area (Å²) in [5.74, 6) is 0.693. The van der Waals surface area contributed by atoms with Gasteiger partial charge in [0, 0.05) is 6.20 Å². The molecule has 4 heteroatoms. The SMILES string of the molecule is CCC(C)(C#N)c1nc(C)ncc1Br. The molecule has 0 aromatic carbocycles. The van der Waals surface area contributed by atoms with Crippen LogP contribution in [0.1, 0.15) is 31.8 Å². The van der Waals surface area contributed by atoms with Crippen molar-refractivity contribution in [3.63, 3.8) is 0 Å². The molecule has 0 saturated carbocycles. The second-order valence-electron chi connectivity index (χ2n) is 3.41. The van der Waals surface area contributed by atoms with E-state index in [1.165, 1.54) is 0 Å². The van der Waals surface area contributed by atoms with Crippen molar-refractivity contribution in [3.05, 3.63) is 22.2 Å². The molecule has 1 atom stereocenters. The average molecular weight is 254 g/mol. The van der Waals surface area contributed by atoms with Gasteiger partial charge in [-0.25, -0.2) is 9.97 Å². The molecule has 0 fully saturated rings. The van der Waals surface area contributed by atoms with Gasteiger partial charge in [-0.1, -0.05) is 6.92 Å². The van der Waals surface area contributed by atoms with E-state index in [-0.39, 0.29) is 0 Å². The van der Waals surface area contributed by atoms with Crippen LogP contribution in [0.25, 0.3) is 0 Å². The molecular formula is C10H12BrN3. The minimum atomic E-state index is -0.535. The number of rotatable bonds is 2. The fraction of sp³-hybridized carbons (Fsp3) is 0.500. The standard InChI is InChI=1S/C10H12BrN3/c1-4-10(3,6-12)9-8(11)5-13-7(2)14-9/h5H,4H2,1-3H3. The first-order chi connectivity index (χ1) is 6.53. The Bertz CT molecular complexity index is 383. The maximum Gasteiger partial charge on any atom is 0.125 e. The van der Waals surface area contributed by atoms with Gasteiger partial charge in [0.2, 0.25) is 0 Å². The minimum absolute atomic E-state index is 0.535. The second kappa shape index (κ2) is 4.05. The van der Waals surface area contributed by atoms with Crippen molar-refractivity contribution < 1.29 is 0 Å². The van der Waals surface area contributed by atoms with E-state index in [9.17, 15) is 0 Å². The summed E-state index contributed by atoms with van der Waals surface area (Å²) in [6, 6.07) is 2.29. The van der Waals surface area contributed by atoms with E-state index in [0.29, 0.717) is 5.82 Å². The first kappa shape index (κ1) is 11.1. The quantitative estimate of drug-likeness (QED) is 0.815. The van der Waals surface area contributed by atoms with Gasteiger partial charge in [-0.05, 0) is 36.2 Å². The van der Waals surface area contributed by atoms with Crippen molar-refractivity contribution in [1.82, 2.24) is 9.97 Å². The van der Waals surface area contributed by atoms with Crippen LogP contribution < -0.4 is 0 Å². The molecule has 0 aliphatic carbocycles. The molecule has 0 bridgehead atoms. The molecule has 0 N–H and O–H groups in total. The predicted molar refractivity (Wildman–Crippen MR) is 57.7 cm³/mol. The second-order valence-corrected chi connectivity index (χ2v) is 4.27. The summed E-state index contributed by atoms with van der Waals surface area (Å²) in [6.45, 7) is 5.69. The zero-order valence-corrected chi connectivity index (χ0v) is 10.1. The van der Waals surface area contributed by atoms with Gasteiger partial charge in [0.15, 0.2) is 0 Å². The highest BCUT2D eigenvalue weighted by Gasteiger charge is 2.28. The molecule has 0 saturated heterocycles. The van der Waals surface area contributed by atoms with Crippen LogP contribution >= 0.6 is 15.9 Å². The molecule has 1 heterocycles. The molecular weight excluding hydrogens is 242 g/mol. The van der Waals surface area contributed by atoms with Crippen LogP contribution in [0, 0.1) is 18.3 Å². The third-order valence-electron chi connectivity index (χ3n) is 2.34. The largest absolute Gasteiger partial charge is 0.240 e. The van der Waals surface area contributed by atoms with Crippen molar-refractivity contribution in [1.29, 1.82) is 5.26 Å². The Morgan fingerprint density at radius 3 is 2.79 bits per heavy atom. The van der Waals surface area contributed by atoms with Crippen molar-refractivity contribution in [2.45, 2.75) is 32.6 Å². The molecule has 0 radical (unpaired) electrons. The molecule has 0 spiro atoms. The van der Waals surface area contributed by atoms with Crippen LogP contribution in [-0.4, -0.2) is 9.97 Å². The molecule has 14 heavy (non-hydrogen) atoms. The van der Waals surface area contributed by atoms with Crippen molar-refractivity contribution in [2.24, 2.45) is 0 Å². The minimum Gasteiger partial charge on any atom is -0.240 e. The van der Waals surface area contributed by atoms with Crippen LogP contribution in [0.15, 0.2) is 10.7 Å². The maximum atomic E-state index is 9.12. The predicted octanol–water partition coefficient (Wildman–Crippen LogP) is 2.74. The van der Waals surface area contributed by atoms with Crippen LogP contribution in [0.3, 0.4) is 0 Å². The lowest BCUT2D eigenvalue weighted by Gasteiger charge is -2.19. The van der Waals surface area contributed by atoms with Gasteiger partial charge in [0.1, 0.15) is 5.82 Å². The third kappa shape index (κ3) is 1.93. The smallest absolute Gasteiger partial charge is 0.125 e. The van der Waals surface area contributed by atoms with Gasteiger partial charge in [-0.3, -0.25) is 0 Å². The number of aryl methyl sites for hydroxylation is 1. The normalized spacial score (nSPS) is 14.5. The molecule has 0 amide bonds. The Hall–Kier alpha value is -0.950. The molecule has 3 nitrogen and oxygen atoms in total. The highest BCUT2D eigenvalue weighted by atomic mass is 79.9. The van der Waals surface area contributed by atoms with E-state index in [1.807, 2.05) is 20.8 Å². The van der Waals surface area contributed by atoms with E-state index in [4.69, 9.17) is 5.26 Å². The fourth-order valence-corrected chi connectivity index (χ4v) is 1.77. The number of hydrogen-bond donors (Lipinski definition) is 0. The summed E-state index contributed by atoms with van der Waals surface area (Å²) in [5.41, 5.74) is 0.238. The fourth-order valence-electron chi connectivity index (χ4n) is 1.14. The topological polar surface area (TPSA) is 49.6 Å². The molecule has 1 rings (SSSR count). The summed E-state index contributed by atoms with van der Waals surface area (Å²) < 4.78 is 0.800. The highest BCUT2D eigenvalue weighted by Crippen LogP contribution is 2.30. The molecule has 0 aliphatic heterocycles. The lowest BCUT2D eigenvalue weighted by molar-refractivity contribution is 0.560. The van der Waals surface area contributed by atoms with Gasteiger partial charge in [0.05, 0.1) is 21.7 Å². The number of nitrogens with zero attached hydrogens (tertiary/aromatic N) is 3. The average Bonchev–Trinajstić information content (AvgIpc) is 2.20. The number of halogens is 1. The van der Waals surface area contributed by atoms with Crippen LogP contribution in [0.5, 0.6) is 0 Å². The van der Waals surface area contributed by atoms with E-state index in [1.54, 1.807) is 6.20 Å². The first-order valence-electron chi connectivity index (χ1n) is 4.44. The van der Waals surface area contributed by atoms with Crippen LogP contribution in [0.2, 0.25) is 0 Å². The summed E-state index contributed by atoms with van der Waals surface area (Å²) >= 11 is 3.37. The van der Waals surface area contributed by atoms with E-state index >= 15 is 0 Å². The van der Waals surface area contributed by atoms with Crippen LogP contribution in [0.4, 0.5) is 0 Å². The zero-order chi connectivity index (χ0) is 10.8. The lowest BCUT2D eigenvalue weighted by atomic mass is 9.85. The number of nitriles is 1. The van der Waals surface area contributed by atoms with Gasteiger partial charge in [-0.2, -0.15) is 5.26 Å². The lowest BCUT2D eigenvalue weighted by Crippen LogP contribution is -2.21. The number of hydrogen-bond acceptors (Lipinski definition) is 3. The maximum absolute atomic E-state index is 9.12. The van der Waals surface area contributed by atoms with Crippen molar-refractivity contribution in [2.75, 3.05) is 0 Å². The Morgan fingerprint density at radius 1 is 1.64 bits per heavy atom. The third-order valence-corrected chi connectivity index (χ3v) is 2.92. The Kier molecular flexibility index (Phi) is 3.22. The van der Waals surface area contributed by atoms with Crippen molar-refractivity contribution in [3.8, 4) is 6.07 Å². The van der Waals surface area contributed by atoms with E-state index in [0.717, 1.165) is 16.6 Å². The zero-order valence-electron chi connectivity index (χ0n) is 8.50. The summed E-state index contributed by atoms with van der Waals surface area (Å²) in [7, 11) is 0. The summed E-state index contributed by atoms with van der Waals surface area (Å²) in [4.78, 5) is 8.36. The molecule has 0 aliphatic rings. The van der Waals surface area contributed by atoms with Gasteiger partial charge >= 0.3 is 0 Å². The first-order valence-corrected chi connectivity index (χ1v) is 5.23. The van der Waals surface area contributed by atoms with Gasteiger partial charge in [0.25, 0.3) is 0 Å². The van der Waals surface area contributed by atoms with E-state index in [2.05, 4.69) is 32.0 Å². The summed E-state index contributed by atoms with van der Waals surface area (Å²) in [6.07, 6.45) is 2.43. The van der Waals surface area contributed by atoms with Crippen molar-refractivity contribution >= 4 is 15.9 Å². The molecule has 74 valence electrons. The molecule has 1 aromatic rings. The number of aromatic nitrogens is 2. The van der Waals surface area contributed by atoms with Crippen LogP contribution in [-0.2, 0) is 5.41 Å². The molecule has 1 unspecified atom stereocenters. The Morgan fingerprint density at radius 2 is 2.29 bits per heavy atom. The van der Waals surface area contributed by atoms with Gasteiger partial charge in [-0.15, -0.1) is 0 Å². The molecule has 1 aromatic heterocycles. The Balaban J connectivity index is 3.31. The monoisotopic (exact) mass is 253 g/mol.